The Morgan fingerprint density at radius 2 is 1.53 bits per heavy atom. The van der Waals surface area contributed by atoms with Gasteiger partial charge < -0.3 is 30.7 Å². The van der Waals surface area contributed by atoms with Gasteiger partial charge in [0, 0.05) is 18.7 Å². The monoisotopic (exact) mass is 526 g/mol. The normalized spacial score (nSPS) is 12.2. The molecule has 0 aromatic heterocycles. The van der Waals surface area contributed by atoms with Gasteiger partial charge in [0.25, 0.3) is 5.91 Å². The Hall–Kier alpha value is -4.08. The van der Waals surface area contributed by atoms with E-state index in [9.17, 15) is 19.2 Å². The fourth-order valence-electron chi connectivity index (χ4n) is 3.83. The number of ether oxygens (including phenoxy) is 2. The molecular formula is C28H38N4O6. The molecule has 0 fully saturated rings. The zero-order chi connectivity index (χ0) is 28.1. The lowest BCUT2D eigenvalue weighted by Crippen LogP contribution is -2.55. The topological polar surface area (TPSA) is 135 Å². The first-order valence-corrected chi connectivity index (χ1v) is 12.6. The number of urea groups is 1. The maximum absolute atomic E-state index is 13.1. The average Bonchev–Trinajstić information content (AvgIpc) is 2.92. The highest BCUT2D eigenvalue weighted by atomic mass is 16.5. The molecule has 10 heteroatoms. The summed E-state index contributed by atoms with van der Waals surface area (Å²) in [5, 5.41) is 10.6. The highest BCUT2D eigenvalue weighted by Gasteiger charge is 2.29. The van der Waals surface area contributed by atoms with Gasteiger partial charge in [-0.25, -0.2) is 4.79 Å². The van der Waals surface area contributed by atoms with Crippen molar-refractivity contribution in [2.24, 2.45) is 5.92 Å². The van der Waals surface area contributed by atoms with E-state index >= 15 is 0 Å². The summed E-state index contributed by atoms with van der Waals surface area (Å²) in [6.07, 6.45) is 0.562. The predicted molar refractivity (Wildman–Crippen MR) is 144 cm³/mol. The van der Waals surface area contributed by atoms with Crippen molar-refractivity contribution >= 4 is 23.6 Å². The van der Waals surface area contributed by atoms with E-state index in [0.29, 0.717) is 30.0 Å². The first-order valence-electron chi connectivity index (χ1n) is 12.6. The van der Waals surface area contributed by atoms with Gasteiger partial charge in [0.2, 0.25) is 11.7 Å². The lowest BCUT2D eigenvalue weighted by molar-refractivity contribution is -0.140. The number of methoxy groups -OCH3 is 2. The third-order valence-corrected chi connectivity index (χ3v) is 5.81. The summed E-state index contributed by atoms with van der Waals surface area (Å²) >= 11 is 0. The van der Waals surface area contributed by atoms with Gasteiger partial charge >= 0.3 is 6.03 Å². The molecule has 0 heterocycles. The van der Waals surface area contributed by atoms with Gasteiger partial charge in [-0.2, -0.15) is 0 Å². The Labute approximate surface area is 223 Å². The molecule has 0 saturated heterocycles. The zero-order valence-corrected chi connectivity index (χ0v) is 22.6. The molecule has 0 aliphatic heterocycles. The van der Waals surface area contributed by atoms with Crippen molar-refractivity contribution in [1.29, 1.82) is 0 Å². The minimum absolute atomic E-state index is 0.0362. The minimum atomic E-state index is -1.04. The van der Waals surface area contributed by atoms with Crippen molar-refractivity contribution in [1.82, 2.24) is 21.3 Å². The van der Waals surface area contributed by atoms with Crippen molar-refractivity contribution in [2.75, 3.05) is 14.2 Å². The molecule has 38 heavy (non-hydrogen) atoms. The van der Waals surface area contributed by atoms with E-state index < -0.39 is 35.7 Å². The molecule has 2 atom stereocenters. The van der Waals surface area contributed by atoms with Crippen molar-refractivity contribution in [3.8, 4) is 11.5 Å². The lowest BCUT2D eigenvalue weighted by atomic mass is 10.0. The van der Waals surface area contributed by atoms with Crippen LogP contribution in [0, 0.1) is 5.92 Å². The third kappa shape index (κ3) is 9.10. The van der Waals surface area contributed by atoms with Gasteiger partial charge in [0.15, 0.2) is 11.5 Å². The number of benzene rings is 2. The van der Waals surface area contributed by atoms with Crippen molar-refractivity contribution in [3.05, 3.63) is 59.7 Å². The lowest BCUT2D eigenvalue weighted by Gasteiger charge is -2.23. The second kappa shape index (κ2) is 15.2. The molecule has 2 aromatic carbocycles. The van der Waals surface area contributed by atoms with Crippen molar-refractivity contribution < 1.29 is 28.7 Å². The number of ketones is 1. The number of rotatable bonds is 14. The molecule has 0 spiro atoms. The summed E-state index contributed by atoms with van der Waals surface area (Å²) in [4.78, 5) is 51.0. The smallest absolute Gasteiger partial charge is 0.315 e. The molecule has 0 bridgehead atoms. The van der Waals surface area contributed by atoms with Gasteiger partial charge in [0.1, 0.15) is 6.04 Å². The molecule has 0 radical (unpaired) electrons. The number of Topliss-reactive ketones (excluding diaryl/α,β-unsaturated/α-hetero) is 1. The maximum atomic E-state index is 13.1. The van der Waals surface area contributed by atoms with Crippen LogP contribution in [-0.4, -0.2) is 49.9 Å². The van der Waals surface area contributed by atoms with Crippen LogP contribution in [0.1, 0.15) is 44.7 Å². The minimum Gasteiger partial charge on any atom is -0.493 e. The van der Waals surface area contributed by atoms with Crippen LogP contribution in [0.25, 0.3) is 0 Å². The Balaban J connectivity index is 1.99. The Kier molecular flexibility index (Phi) is 12.1. The Morgan fingerprint density at radius 1 is 0.816 bits per heavy atom. The van der Waals surface area contributed by atoms with Crippen LogP contribution in [0.5, 0.6) is 11.5 Å². The fourth-order valence-corrected chi connectivity index (χ4v) is 3.83. The van der Waals surface area contributed by atoms with Crippen molar-refractivity contribution in [2.45, 2.75) is 58.8 Å². The van der Waals surface area contributed by atoms with Crippen LogP contribution in [0.3, 0.4) is 0 Å². The molecule has 2 aromatic rings. The summed E-state index contributed by atoms with van der Waals surface area (Å²) in [6.45, 7) is 5.88. The SMILES string of the molecule is CCC(NC(=O)[C@H](CC(C)C)NC(=O)NCc1ccccc1)C(=O)C(=O)NCc1cccc(OC)c1OC. The van der Waals surface area contributed by atoms with Crippen LogP contribution in [0.4, 0.5) is 4.79 Å². The fraction of sp³-hybridized carbons (Fsp3) is 0.429. The Morgan fingerprint density at radius 3 is 2.13 bits per heavy atom. The molecule has 2 rings (SSSR count). The highest BCUT2D eigenvalue weighted by molar-refractivity contribution is 6.38. The number of carbonyl (C=O) groups is 4. The van der Waals surface area contributed by atoms with E-state index in [1.807, 2.05) is 44.2 Å². The van der Waals surface area contributed by atoms with Gasteiger partial charge in [-0.05, 0) is 30.4 Å². The molecule has 206 valence electrons. The molecule has 0 aliphatic rings. The van der Waals surface area contributed by atoms with E-state index in [0.717, 1.165) is 5.56 Å². The van der Waals surface area contributed by atoms with E-state index in [1.54, 1.807) is 25.1 Å². The van der Waals surface area contributed by atoms with Gasteiger partial charge in [-0.15, -0.1) is 0 Å². The first kappa shape index (κ1) is 30.1. The van der Waals surface area contributed by atoms with Gasteiger partial charge in [-0.1, -0.05) is 63.2 Å². The predicted octanol–water partition coefficient (Wildman–Crippen LogP) is 2.70. The van der Waals surface area contributed by atoms with Crippen LogP contribution < -0.4 is 30.7 Å². The second-order valence-corrected chi connectivity index (χ2v) is 9.16. The number of para-hydroxylation sites is 1. The Bertz CT molecular complexity index is 1090. The molecule has 10 nitrogen and oxygen atoms in total. The molecule has 0 saturated carbocycles. The zero-order valence-electron chi connectivity index (χ0n) is 22.6. The molecular weight excluding hydrogens is 488 g/mol. The highest BCUT2D eigenvalue weighted by Crippen LogP contribution is 2.30. The molecule has 4 amide bonds. The summed E-state index contributed by atoms with van der Waals surface area (Å²) in [5.74, 6) is -1.10. The van der Waals surface area contributed by atoms with Crippen LogP contribution >= 0.6 is 0 Å². The molecule has 4 N–H and O–H groups in total. The second-order valence-electron chi connectivity index (χ2n) is 9.16. The van der Waals surface area contributed by atoms with Crippen LogP contribution in [-0.2, 0) is 27.5 Å². The summed E-state index contributed by atoms with van der Waals surface area (Å²) in [7, 11) is 2.99. The summed E-state index contributed by atoms with van der Waals surface area (Å²) in [5.41, 5.74) is 1.55. The standard InChI is InChI=1S/C28H38N4O6/c1-6-21(24(33)27(35)29-17-20-13-10-14-23(37-4)25(20)38-5)31-26(34)22(15-18(2)3)32-28(36)30-16-19-11-8-7-9-12-19/h7-14,18,21-22H,6,15-17H2,1-5H3,(H,29,35)(H,31,34)(H2,30,32,36)/t21?,22-/m0/s1. The van der Waals surface area contributed by atoms with E-state index in [2.05, 4.69) is 21.3 Å². The van der Waals surface area contributed by atoms with Gasteiger partial charge in [-0.3, -0.25) is 14.4 Å². The van der Waals surface area contributed by atoms with E-state index in [-0.39, 0.29) is 18.9 Å². The third-order valence-electron chi connectivity index (χ3n) is 5.81. The summed E-state index contributed by atoms with van der Waals surface area (Å²) < 4.78 is 10.6. The van der Waals surface area contributed by atoms with Crippen molar-refractivity contribution in [3.63, 3.8) is 0 Å². The first-order chi connectivity index (χ1) is 18.2. The number of carbonyl (C=O) groups excluding carboxylic acids is 4. The maximum Gasteiger partial charge on any atom is 0.315 e. The quantitative estimate of drug-likeness (QED) is 0.280. The van der Waals surface area contributed by atoms with Gasteiger partial charge in [0.05, 0.1) is 20.3 Å². The summed E-state index contributed by atoms with van der Waals surface area (Å²) in [6, 6.07) is 12.2. The number of amides is 4. The van der Waals surface area contributed by atoms with Crippen LogP contribution in [0.15, 0.2) is 48.5 Å². The number of hydrogen-bond acceptors (Lipinski definition) is 6. The largest absolute Gasteiger partial charge is 0.493 e. The van der Waals surface area contributed by atoms with E-state index in [1.165, 1.54) is 14.2 Å². The molecule has 0 aliphatic carbocycles. The number of nitrogens with one attached hydrogen (secondary N) is 4. The van der Waals surface area contributed by atoms with Crippen LogP contribution in [0.2, 0.25) is 0 Å². The van der Waals surface area contributed by atoms with E-state index in [4.69, 9.17) is 9.47 Å². The number of hydrogen-bond donors (Lipinski definition) is 4. The molecule has 1 unspecified atom stereocenters. The average molecular weight is 527 g/mol.